The second-order valence-electron chi connectivity index (χ2n) is 3.62. The molecule has 1 heterocycles. The zero-order valence-electron chi connectivity index (χ0n) is 9.14. The number of carbonyl (C=O) groups is 1. The van der Waals surface area contributed by atoms with E-state index in [1.54, 1.807) is 23.5 Å². The second-order valence-corrected chi connectivity index (χ2v) is 4.40. The minimum atomic E-state index is -0.512. The van der Waals surface area contributed by atoms with Crippen LogP contribution < -0.4 is 16.8 Å². The zero-order valence-corrected chi connectivity index (χ0v) is 9.96. The topological polar surface area (TPSA) is 81.1 Å². The molecule has 5 heteroatoms. The monoisotopic (exact) mass is 247 g/mol. The molecule has 0 fully saturated rings. The van der Waals surface area contributed by atoms with E-state index in [1.807, 2.05) is 17.5 Å². The Morgan fingerprint density at radius 1 is 1.35 bits per heavy atom. The lowest BCUT2D eigenvalue weighted by Crippen LogP contribution is -2.14. The molecule has 0 radical (unpaired) electrons. The van der Waals surface area contributed by atoms with E-state index in [1.165, 1.54) is 5.56 Å². The molecule has 5 N–H and O–H groups in total. The van der Waals surface area contributed by atoms with Crippen LogP contribution in [0.1, 0.15) is 15.9 Å². The first kappa shape index (κ1) is 11.5. The largest absolute Gasteiger partial charge is 0.396 e. The smallest absolute Gasteiger partial charge is 0.250 e. The van der Waals surface area contributed by atoms with E-state index in [0.29, 0.717) is 17.8 Å². The number of benzene rings is 1. The van der Waals surface area contributed by atoms with Gasteiger partial charge >= 0.3 is 0 Å². The number of thiophene rings is 1. The van der Waals surface area contributed by atoms with Gasteiger partial charge in [0.15, 0.2) is 0 Å². The molecule has 17 heavy (non-hydrogen) atoms. The standard InChI is InChI=1S/C12H13N3OS/c13-11-9(12(14)16)2-1-3-10(11)15-6-8-4-5-17-7-8/h1-5,7,15H,6,13H2,(H2,14,16). The first-order valence-corrected chi connectivity index (χ1v) is 6.06. The third-order valence-electron chi connectivity index (χ3n) is 2.43. The van der Waals surface area contributed by atoms with Crippen LogP contribution in [0.3, 0.4) is 0 Å². The minimum absolute atomic E-state index is 0.348. The highest BCUT2D eigenvalue weighted by Crippen LogP contribution is 2.23. The van der Waals surface area contributed by atoms with E-state index in [0.717, 1.165) is 5.69 Å². The van der Waals surface area contributed by atoms with Crippen molar-refractivity contribution in [2.24, 2.45) is 5.73 Å². The summed E-state index contributed by atoms with van der Waals surface area (Å²) in [6.07, 6.45) is 0. The number of carbonyl (C=O) groups excluding carboxylic acids is 1. The van der Waals surface area contributed by atoms with Gasteiger partial charge in [0.25, 0.3) is 5.91 Å². The Labute approximate surface area is 103 Å². The molecule has 2 rings (SSSR count). The predicted molar refractivity (Wildman–Crippen MR) is 71.0 cm³/mol. The number of amides is 1. The fourth-order valence-corrected chi connectivity index (χ4v) is 2.19. The van der Waals surface area contributed by atoms with Gasteiger partial charge in [0.05, 0.1) is 16.9 Å². The summed E-state index contributed by atoms with van der Waals surface area (Å²) in [5.41, 5.74) is 13.7. The number of primary amides is 1. The zero-order chi connectivity index (χ0) is 12.3. The van der Waals surface area contributed by atoms with Gasteiger partial charge in [-0.1, -0.05) is 6.07 Å². The van der Waals surface area contributed by atoms with Crippen LogP contribution in [0.15, 0.2) is 35.0 Å². The molecule has 1 amide bonds. The summed E-state index contributed by atoms with van der Waals surface area (Å²) in [6, 6.07) is 7.24. The highest BCUT2D eigenvalue weighted by atomic mass is 32.1. The number of anilines is 2. The fourth-order valence-electron chi connectivity index (χ4n) is 1.52. The Kier molecular flexibility index (Phi) is 3.30. The number of rotatable bonds is 4. The van der Waals surface area contributed by atoms with Crippen LogP contribution in [0.5, 0.6) is 0 Å². The Morgan fingerprint density at radius 2 is 2.18 bits per heavy atom. The molecule has 0 bridgehead atoms. The molecule has 0 spiro atoms. The van der Waals surface area contributed by atoms with Gasteiger partial charge in [-0.2, -0.15) is 11.3 Å². The van der Waals surface area contributed by atoms with Crippen molar-refractivity contribution in [2.45, 2.75) is 6.54 Å². The normalized spacial score (nSPS) is 10.1. The molecule has 2 aromatic rings. The Bertz CT molecular complexity index is 523. The third kappa shape index (κ3) is 2.57. The van der Waals surface area contributed by atoms with Crippen LogP contribution in [-0.2, 0) is 6.54 Å². The van der Waals surface area contributed by atoms with Crippen molar-refractivity contribution < 1.29 is 4.79 Å². The van der Waals surface area contributed by atoms with Crippen molar-refractivity contribution in [1.82, 2.24) is 0 Å². The summed E-state index contributed by atoms with van der Waals surface area (Å²) in [5.74, 6) is -0.512. The summed E-state index contributed by atoms with van der Waals surface area (Å²) in [7, 11) is 0. The maximum Gasteiger partial charge on any atom is 0.250 e. The number of hydrogen-bond acceptors (Lipinski definition) is 4. The lowest BCUT2D eigenvalue weighted by atomic mass is 10.1. The number of hydrogen-bond donors (Lipinski definition) is 3. The maximum atomic E-state index is 11.1. The van der Waals surface area contributed by atoms with E-state index in [-0.39, 0.29) is 0 Å². The lowest BCUT2D eigenvalue weighted by Gasteiger charge is -2.10. The van der Waals surface area contributed by atoms with E-state index in [2.05, 4.69) is 10.7 Å². The molecule has 1 aromatic carbocycles. The van der Waals surface area contributed by atoms with Crippen molar-refractivity contribution in [3.05, 3.63) is 46.2 Å². The molecule has 0 unspecified atom stereocenters. The number of nitrogens with two attached hydrogens (primary N) is 2. The highest BCUT2D eigenvalue weighted by Gasteiger charge is 2.08. The van der Waals surface area contributed by atoms with Gasteiger partial charge in [-0.15, -0.1) is 0 Å². The van der Waals surface area contributed by atoms with Gasteiger partial charge in [0.1, 0.15) is 0 Å². The molecule has 88 valence electrons. The molecule has 4 nitrogen and oxygen atoms in total. The molecular formula is C12H13N3OS. The van der Waals surface area contributed by atoms with Crippen molar-refractivity contribution >= 4 is 28.6 Å². The van der Waals surface area contributed by atoms with Crippen LogP contribution in [0.2, 0.25) is 0 Å². The summed E-state index contributed by atoms with van der Waals surface area (Å²) in [5, 5.41) is 7.26. The second kappa shape index (κ2) is 4.88. The van der Waals surface area contributed by atoms with Gasteiger partial charge in [-0.05, 0) is 34.5 Å². The van der Waals surface area contributed by atoms with Gasteiger partial charge < -0.3 is 16.8 Å². The molecule has 0 saturated heterocycles. The van der Waals surface area contributed by atoms with Crippen molar-refractivity contribution in [3.63, 3.8) is 0 Å². The molecular weight excluding hydrogens is 234 g/mol. The summed E-state index contributed by atoms with van der Waals surface area (Å²) >= 11 is 1.64. The molecule has 0 aliphatic rings. The van der Waals surface area contributed by atoms with Gasteiger partial charge in [-0.25, -0.2) is 0 Å². The minimum Gasteiger partial charge on any atom is -0.396 e. The van der Waals surface area contributed by atoms with E-state index < -0.39 is 5.91 Å². The average molecular weight is 247 g/mol. The van der Waals surface area contributed by atoms with Gasteiger partial charge in [0, 0.05) is 6.54 Å². The summed E-state index contributed by atoms with van der Waals surface area (Å²) < 4.78 is 0. The van der Waals surface area contributed by atoms with Crippen LogP contribution in [0.4, 0.5) is 11.4 Å². The quantitative estimate of drug-likeness (QED) is 0.723. The molecule has 0 aliphatic carbocycles. The first-order valence-electron chi connectivity index (χ1n) is 5.11. The molecule has 0 saturated carbocycles. The first-order chi connectivity index (χ1) is 8.18. The molecule has 0 aliphatic heterocycles. The van der Waals surface area contributed by atoms with Gasteiger partial charge in [0.2, 0.25) is 0 Å². The van der Waals surface area contributed by atoms with Crippen molar-refractivity contribution in [3.8, 4) is 0 Å². The Balaban J connectivity index is 2.16. The average Bonchev–Trinajstić information content (AvgIpc) is 2.80. The highest BCUT2D eigenvalue weighted by molar-refractivity contribution is 7.07. The maximum absolute atomic E-state index is 11.1. The van der Waals surface area contributed by atoms with Crippen molar-refractivity contribution in [1.29, 1.82) is 0 Å². The number of para-hydroxylation sites is 1. The number of nitrogen functional groups attached to an aromatic ring is 1. The van der Waals surface area contributed by atoms with Crippen LogP contribution in [0, 0.1) is 0 Å². The van der Waals surface area contributed by atoms with Gasteiger partial charge in [-0.3, -0.25) is 4.79 Å². The molecule has 0 atom stereocenters. The van der Waals surface area contributed by atoms with Crippen LogP contribution >= 0.6 is 11.3 Å². The Morgan fingerprint density at radius 3 is 2.82 bits per heavy atom. The third-order valence-corrected chi connectivity index (χ3v) is 3.17. The summed E-state index contributed by atoms with van der Waals surface area (Å²) in [6.45, 7) is 0.677. The fraction of sp³-hybridized carbons (Fsp3) is 0.0833. The number of nitrogens with one attached hydrogen (secondary N) is 1. The lowest BCUT2D eigenvalue weighted by molar-refractivity contribution is 0.100. The van der Waals surface area contributed by atoms with E-state index in [9.17, 15) is 4.79 Å². The van der Waals surface area contributed by atoms with Crippen molar-refractivity contribution in [2.75, 3.05) is 11.1 Å². The molecule has 1 aromatic heterocycles. The summed E-state index contributed by atoms with van der Waals surface area (Å²) in [4.78, 5) is 11.1. The van der Waals surface area contributed by atoms with E-state index >= 15 is 0 Å². The van der Waals surface area contributed by atoms with Crippen LogP contribution in [0.25, 0.3) is 0 Å². The predicted octanol–water partition coefficient (Wildman–Crippen LogP) is 2.04. The Hall–Kier alpha value is -2.01. The van der Waals surface area contributed by atoms with E-state index in [4.69, 9.17) is 11.5 Å². The van der Waals surface area contributed by atoms with Crippen LogP contribution in [-0.4, -0.2) is 5.91 Å². The SMILES string of the molecule is NC(=O)c1cccc(NCc2ccsc2)c1N.